The quantitative estimate of drug-likeness (QED) is 0.184. The third-order valence-electron chi connectivity index (χ3n) is 13.1. The summed E-state index contributed by atoms with van der Waals surface area (Å²) in [5, 5.41) is 1.56. The van der Waals surface area contributed by atoms with Crippen LogP contribution in [0.5, 0.6) is 0 Å². The zero-order valence-electron chi connectivity index (χ0n) is 32.8. The van der Waals surface area contributed by atoms with Gasteiger partial charge in [0.1, 0.15) is 0 Å². The van der Waals surface area contributed by atoms with Crippen LogP contribution in [0.1, 0.15) is 112 Å². The monoisotopic (exact) mass is 756 g/mol. The summed E-state index contributed by atoms with van der Waals surface area (Å²) >= 11 is 0. The van der Waals surface area contributed by atoms with E-state index >= 15 is 0 Å². The van der Waals surface area contributed by atoms with Crippen LogP contribution < -0.4 is 9.80 Å². The van der Waals surface area contributed by atoms with Crippen LogP contribution in [-0.2, 0) is 9.59 Å². The van der Waals surface area contributed by atoms with Crippen molar-refractivity contribution in [2.45, 2.75) is 58.3 Å². The fraction of sp³-hybridized carbons (Fsp3) is 0.192. The third kappa shape index (κ3) is 4.66. The highest BCUT2D eigenvalue weighted by Crippen LogP contribution is 2.58. The molecule has 0 saturated heterocycles. The number of allylic oxidation sites excluding steroid dienone is 12. The minimum absolute atomic E-state index is 0.0634. The van der Waals surface area contributed by atoms with Gasteiger partial charge in [0.15, 0.2) is 0 Å². The van der Waals surface area contributed by atoms with Gasteiger partial charge in [0.05, 0.1) is 11.4 Å². The van der Waals surface area contributed by atoms with Gasteiger partial charge in [-0.1, -0.05) is 107 Å². The third-order valence-corrected chi connectivity index (χ3v) is 13.1. The van der Waals surface area contributed by atoms with E-state index in [-0.39, 0.29) is 47.3 Å². The Kier molecular flexibility index (Phi) is 7.40. The summed E-state index contributed by atoms with van der Waals surface area (Å²) in [6.07, 6.45) is 22.3. The van der Waals surface area contributed by atoms with Crippen molar-refractivity contribution in [1.82, 2.24) is 0 Å². The van der Waals surface area contributed by atoms with E-state index < -0.39 is 0 Å². The SMILES string of the molecule is CC(C)c1cc(C2=CC=CC2)cc(C(C)C)c1N1C(=O)c2ccc3c4c(ccc(c24)C1=O)C1C=CC2=C4C(=CC=C3C41)C(=O)N(c1ccc(C3=CCC=C3)cc1)C2=O. The maximum Gasteiger partial charge on any atom is 0.266 e. The number of nitrogens with zero attached hydrogens (tertiary/aromatic N) is 2. The van der Waals surface area contributed by atoms with E-state index in [9.17, 15) is 19.2 Å². The Bertz CT molecular complexity index is 2870. The van der Waals surface area contributed by atoms with Crippen molar-refractivity contribution < 1.29 is 19.2 Å². The largest absolute Gasteiger partial charge is 0.268 e. The van der Waals surface area contributed by atoms with Crippen LogP contribution in [0.15, 0.2) is 138 Å². The van der Waals surface area contributed by atoms with Crippen LogP contribution >= 0.6 is 0 Å². The van der Waals surface area contributed by atoms with Crippen molar-refractivity contribution in [3.8, 4) is 0 Å². The summed E-state index contributed by atoms with van der Waals surface area (Å²) in [7, 11) is 0. The van der Waals surface area contributed by atoms with Gasteiger partial charge in [-0.15, -0.1) is 0 Å². The lowest BCUT2D eigenvalue weighted by Crippen LogP contribution is -2.46. The molecular formula is C52H40N2O4. The van der Waals surface area contributed by atoms with E-state index in [2.05, 4.69) is 82.4 Å². The molecule has 282 valence electrons. The zero-order chi connectivity index (χ0) is 39.7. The van der Waals surface area contributed by atoms with E-state index in [1.807, 2.05) is 66.8 Å². The molecule has 4 aromatic carbocycles. The first-order chi connectivity index (χ1) is 28.1. The van der Waals surface area contributed by atoms with E-state index in [4.69, 9.17) is 0 Å². The number of benzene rings is 4. The number of hydrogen-bond donors (Lipinski definition) is 0. The smallest absolute Gasteiger partial charge is 0.266 e. The highest BCUT2D eigenvalue weighted by atomic mass is 16.2. The summed E-state index contributed by atoms with van der Waals surface area (Å²) in [5.74, 6) is -1.64. The molecule has 0 bridgehead atoms. The van der Waals surface area contributed by atoms with Crippen LogP contribution in [0.3, 0.4) is 0 Å². The number of amides is 4. The zero-order valence-corrected chi connectivity index (χ0v) is 32.8. The molecule has 0 N–H and O–H groups in total. The van der Waals surface area contributed by atoms with Crippen LogP contribution in [0.4, 0.5) is 11.4 Å². The molecule has 0 fully saturated rings. The second kappa shape index (κ2) is 12.4. The standard InChI is InChI=1S/C52H40N2O4/c1-27(2)42-25-32(30-11-7-8-12-30)26-43(28(3)4)48(42)54-51(57)40-23-19-36-34-17-21-38-46-39(22-18-35(44(34)46)37-20-24-41(52(54)58)47(40)45(36)37)50(56)53(49(38)55)33-15-13-31(14-16-33)29-9-5-6-10-29/h5,7-11,13-28,34,44H,6,12H2,1-4H3. The number of hydrogen-bond acceptors (Lipinski definition) is 4. The van der Waals surface area contributed by atoms with Gasteiger partial charge in [-0.3, -0.25) is 19.2 Å². The van der Waals surface area contributed by atoms with Gasteiger partial charge in [0, 0.05) is 39.5 Å². The molecule has 6 nitrogen and oxygen atoms in total. The first kappa shape index (κ1) is 34.6. The van der Waals surface area contributed by atoms with Gasteiger partial charge in [-0.2, -0.15) is 0 Å². The molecule has 2 aliphatic heterocycles. The minimum Gasteiger partial charge on any atom is -0.268 e. The number of rotatable bonds is 6. The van der Waals surface area contributed by atoms with E-state index in [1.165, 1.54) is 15.4 Å². The Labute approximate surface area is 337 Å². The topological polar surface area (TPSA) is 74.8 Å². The van der Waals surface area contributed by atoms with Crippen LogP contribution in [0.2, 0.25) is 0 Å². The van der Waals surface area contributed by atoms with Crippen LogP contribution in [-0.4, -0.2) is 23.6 Å². The Balaban J connectivity index is 1.02. The molecule has 0 radical (unpaired) electrons. The van der Waals surface area contributed by atoms with Gasteiger partial charge >= 0.3 is 0 Å². The summed E-state index contributed by atoms with van der Waals surface area (Å²) in [6.45, 7) is 8.48. The Morgan fingerprint density at radius 2 is 1.36 bits per heavy atom. The predicted octanol–water partition coefficient (Wildman–Crippen LogP) is 11.1. The fourth-order valence-corrected chi connectivity index (χ4v) is 10.3. The first-order valence-electron chi connectivity index (χ1n) is 20.4. The van der Waals surface area contributed by atoms with Crippen molar-refractivity contribution in [3.63, 3.8) is 0 Å². The summed E-state index contributed by atoms with van der Waals surface area (Å²) in [5.41, 5.74) is 13.4. The molecule has 2 unspecified atom stereocenters. The minimum atomic E-state index is -0.334. The number of carbonyl (C=O) groups excluding carboxylic acids is 4. The number of carbonyl (C=O) groups is 4. The van der Waals surface area contributed by atoms with Crippen LogP contribution in [0, 0.1) is 5.92 Å². The number of fused-ring (bicyclic) bond motifs is 2. The Morgan fingerprint density at radius 1 is 0.655 bits per heavy atom. The summed E-state index contributed by atoms with van der Waals surface area (Å²) in [6, 6.07) is 19.7. The maximum atomic E-state index is 14.9. The van der Waals surface area contributed by atoms with Crippen molar-refractivity contribution in [1.29, 1.82) is 0 Å². The first-order valence-corrected chi connectivity index (χ1v) is 20.4. The molecule has 58 heavy (non-hydrogen) atoms. The van der Waals surface area contributed by atoms with Crippen molar-refractivity contribution >= 4 is 62.5 Å². The normalized spacial score (nSPS) is 21.1. The molecule has 2 heterocycles. The summed E-state index contributed by atoms with van der Waals surface area (Å²) < 4.78 is 0. The van der Waals surface area contributed by atoms with Gasteiger partial charge in [0.25, 0.3) is 23.6 Å². The molecule has 0 aromatic heterocycles. The van der Waals surface area contributed by atoms with Crippen molar-refractivity contribution in [2.75, 3.05) is 9.80 Å². The van der Waals surface area contributed by atoms with Gasteiger partial charge in [-0.25, -0.2) is 9.80 Å². The van der Waals surface area contributed by atoms with Gasteiger partial charge in [0.2, 0.25) is 0 Å². The maximum absolute atomic E-state index is 14.9. The van der Waals surface area contributed by atoms with Gasteiger partial charge in [-0.05, 0) is 128 Å². The lowest BCUT2D eigenvalue weighted by molar-refractivity contribution is -0.123. The summed E-state index contributed by atoms with van der Waals surface area (Å²) in [4.78, 5) is 61.2. The van der Waals surface area contributed by atoms with Crippen LogP contribution in [0.25, 0.3) is 27.5 Å². The lowest BCUT2D eigenvalue weighted by Gasteiger charge is -2.44. The van der Waals surface area contributed by atoms with Crippen molar-refractivity contribution in [3.05, 3.63) is 183 Å². The second-order valence-corrected chi connectivity index (χ2v) is 16.9. The second-order valence-electron chi connectivity index (χ2n) is 16.9. The van der Waals surface area contributed by atoms with Gasteiger partial charge < -0.3 is 0 Å². The molecule has 0 spiro atoms. The van der Waals surface area contributed by atoms with E-state index in [0.29, 0.717) is 39.0 Å². The molecule has 6 heteroatoms. The van der Waals surface area contributed by atoms with E-state index in [0.717, 1.165) is 68.3 Å². The molecule has 5 aliphatic carbocycles. The molecule has 11 rings (SSSR count). The Hall–Kier alpha value is -6.66. The lowest BCUT2D eigenvalue weighted by atomic mass is 9.61. The molecule has 7 aliphatic rings. The predicted molar refractivity (Wildman–Crippen MR) is 231 cm³/mol. The highest BCUT2D eigenvalue weighted by Gasteiger charge is 2.49. The van der Waals surface area contributed by atoms with Crippen molar-refractivity contribution in [2.24, 2.45) is 5.92 Å². The number of imide groups is 2. The average molecular weight is 757 g/mol. The highest BCUT2D eigenvalue weighted by molar-refractivity contribution is 6.37. The van der Waals surface area contributed by atoms with E-state index in [1.54, 1.807) is 0 Å². The molecule has 2 atom stereocenters. The molecule has 4 aromatic rings. The molecule has 4 amide bonds. The number of anilines is 2. The average Bonchev–Trinajstić information content (AvgIpc) is 3.98. The molecular weight excluding hydrogens is 717 g/mol. The fourth-order valence-electron chi connectivity index (χ4n) is 10.3. The Morgan fingerprint density at radius 3 is 2.02 bits per heavy atom. The molecule has 0 saturated carbocycles.